The third-order valence-corrected chi connectivity index (χ3v) is 5.67. The van der Waals surface area contributed by atoms with Gasteiger partial charge in [0.05, 0.1) is 29.8 Å². The Morgan fingerprint density at radius 2 is 1.90 bits per heavy atom. The summed E-state index contributed by atoms with van der Waals surface area (Å²) in [7, 11) is 0. The van der Waals surface area contributed by atoms with E-state index in [2.05, 4.69) is 21.2 Å². The molecule has 7 nitrogen and oxygen atoms in total. The van der Waals surface area contributed by atoms with Crippen LogP contribution in [0.1, 0.15) is 29.8 Å². The molecule has 0 aliphatic carbocycles. The van der Waals surface area contributed by atoms with Crippen LogP contribution in [0.3, 0.4) is 0 Å². The van der Waals surface area contributed by atoms with Crippen molar-refractivity contribution in [3.05, 3.63) is 69.9 Å². The first-order valence-electron chi connectivity index (χ1n) is 10.2. The molecule has 1 fully saturated rings. The molecule has 7 heteroatoms. The number of rotatable bonds is 5. The number of anilines is 1. The molecule has 1 saturated heterocycles. The number of piperidine rings is 1. The second-order valence-electron chi connectivity index (χ2n) is 7.88. The predicted octanol–water partition coefficient (Wildman–Crippen LogP) is 2.27. The van der Waals surface area contributed by atoms with Gasteiger partial charge in [0.15, 0.2) is 0 Å². The van der Waals surface area contributed by atoms with E-state index in [4.69, 9.17) is 5.73 Å². The van der Waals surface area contributed by atoms with Gasteiger partial charge in [-0.1, -0.05) is 12.1 Å². The van der Waals surface area contributed by atoms with Crippen LogP contribution in [0.5, 0.6) is 0 Å². The molecule has 4 rings (SSSR count). The molecule has 2 aromatic heterocycles. The van der Waals surface area contributed by atoms with Crippen molar-refractivity contribution in [1.82, 2.24) is 19.6 Å². The van der Waals surface area contributed by atoms with Gasteiger partial charge < -0.3 is 10.6 Å². The molecule has 152 valence electrons. The van der Waals surface area contributed by atoms with Crippen molar-refractivity contribution in [1.29, 1.82) is 0 Å². The molecule has 0 bridgehead atoms. The summed E-state index contributed by atoms with van der Waals surface area (Å²) < 4.78 is 3.43. The van der Waals surface area contributed by atoms with Gasteiger partial charge in [-0.25, -0.2) is 9.36 Å². The summed E-state index contributed by atoms with van der Waals surface area (Å²) in [5.41, 5.74) is 10.7. The molecule has 0 saturated carbocycles. The monoisotopic (exact) mass is 392 g/mol. The van der Waals surface area contributed by atoms with Gasteiger partial charge in [0.1, 0.15) is 0 Å². The second-order valence-corrected chi connectivity index (χ2v) is 7.88. The number of hydrogen-bond donors (Lipinski definition) is 1. The van der Waals surface area contributed by atoms with Crippen LogP contribution in [-0.4, -0.2) is 39.2 Å². The molecule has 1 aliphatic heterocycles. The van der Waals surface area contributed by atoms with Gasteiger partial charge in [-0.3, -0.25) is 4.79 Å². The van der Waals surface area contributed by atoms with E-state index in [0.717, 1.165) is 60.8 Å². The highest BCUT2D eigenvalue weighted by Gasteiger charge is 2.19. The van der Waals surface area contributed by atoms with Gasteiger partial charge in [0, 0.05) is 24.8 Å². The van der Waals surface area contributed by atoms with Crippen molar-refractivity contribution in [2.45, 2.75) is 33.2 Å². The first kappa shape index (κ1) is 19.4. The molecule has 3 aromatic rings. The van der Waals surface area contributed by atoms with E-state index >= 15 is 0 Å². The number of nitrogens with zero attached hydrogens (tertiary/aromatic N) is 5. The number of nitrogens with two attached hydrogens (primary N) is 1. The second kappa shape index (κ2) is 8.21. The van der Waals surface area contributed by atoms with E-state index in [1.54, 1.807) is 12.3 Å². The fraction of sp³-hybridized carbons (Fsp3) is 0.409. The third kappa shape index (κ3) is 4.24. The normalized spacial score (nSPS) is 15.1. The van der Waals surface area contributed by atoms with Crippen LogP contribution in [0.2, 0.25) is 0 Å². The molecule has 3 heterocycles. The SMILES string of the molecule is Cc1cc(C)n(-c2cccc(Cn3ncc(N4CCC(CN)CC4)cc3=O)c2)n1. The first-order valence-corrected chi connectivity index (χ1v) is 10.2. The van der Waals surface area contributed by atoms with E-state index in [1.165, 1.54) is 4.68 Å². The van der Waals surface area contributed by atoms with E-state index in [-0.39, 0.29) is 5.56 Å². The zero-order valence-electron chi connectivity index (χ0n) is 17.1. The van der Waals surface area contributed by atoms with Gasteiger partial charge >= 0.3 is 0 Å². The summed E-state index contributed by atoms with van der Waals surface area (Å²) in [5, 5.41) is 8.97. The molecule has 0 atom stereocenters. The highest BCUT2D eigenvalue weighted by molar-refractivity contribution is 5.43. The van der Waals surface area contributed by atoms with Crippen LogP contribution in [0.15, 0.2) is 47.4 Å². The van der Waals surface area contributed by atoms with Crippen LogP contribution < -0.4 is 16.2 Å². The number of aryl methyl sites for hydroxylation is 2. The zero-order chi connectivity index (χ0) is 20.4. The molecule has 2 N–H and O–H groups in total. The molecule has 0 spiro atoms. The quantitative estimate of drug-likeness (QED) is 0.720. The molecular formula is C22H28N6O. The average Bonchev–Trinajstić information content (AvgIpc) is 3.08. The fourth-order valence-corrected chi connectivity index (χ4v) is 3.99. The van der Waals surface area contributed by atoms with Crippen LogP contribution in [0, 0.1) is 19.8 Å². The molecule has 1 aromatic carbocycles. The largest absolute Gasteiger partial charge is 0.370 e. The van der Waals surface area contributed by atoms with Gasteiger partial charge in [0.2, 0.25) is 0 Å². The topological polar surface area (TPSA) is 82.0 Å². The van der Waals surface area contributed by atoms with Crippen LogP contribution in [0.25, 0.3) is 5.69 Å². The van der Waals surface area contributed by atoms with Gasteiger partial charge in [0.25, 0.3) is 5.56 Å². The van der Waals surface area contributed by atoms with Crippen molar-refractivity contribution in [2.24, 2.45) is 11.7 Å². The van der Waals surface area contributed by atoms with E-state index in [0.29, 0.717) is 12.5 Å². The van der Waals surface area contributed by atoms with Crippen molar-refractivity contribution in [3.63, 3.8) is 0 Å². The smallest absolute Gasteiger partial charge is 0.269 e. The minimum Gasteiger partial charge on any atom is -0.370 e. The van der Waals surface area contributed by atoms with Crippen LogP contribution in [-0.2, 0) is 6.54 Å². The Hall–Kier alpha value is -2.93. The Morgan fingerprint density at radius 1 is 1.10 bits per heavy atom. The highest BCUT2D eigenvalue weighted by Crippen LogP contribution is 2.21. The summed E-state index contributed by atoms with van der Waals surface area (Å²) in [6, 6.07) is 11.8. The fourth-order valence-electron chi connectivity index (χ4n) is 3.99. The number of aromatic nitrogens is 4. The molecule has 29 heavy (non-hydrogen) atoms. The van der Waals surface area contributed by atoms with Crippen LogP contribution in [0.4, 0.5) is 5.69 Å². The Morgan fingerprint density at radius 3 is 2.55 bits per heavy atom. The summed E-state index contributed by atoms with van der Waals surface area (Å²) in [6.45, 7) is 7.05. The molecule has 0 amide bonds. The highest BCUT2D eigenvalue weighted by atomic mass is 16.1. The Labute approximate surface area is 170 Å². The first-order chi connectivity index (χ1) is 14.0. The Bertz CT molecular complexity index is 1050. The lowest BCUT2D eigenvalue weighted by Crippen LogP contribution is -2.37. The van der Waals surface area contributed by atoms with E-state index in [1.807, 2.05) is 42.8 Å². The predicted molar refractivity (Wildman–Crippen MR) is 115 cm³/mol. The van der Waals surface area contributed by atoms with Crippen molar-refractivity contribution in [2.75, 3.05) is 24.5 Å². The summed E-state index contributed by atoms with van der Waals surface area (Å²) in [4.78, 5) is 14.9. The summed E-state index contributed by atoms with van der Waals surface area (Å²) >= 11 is 0. The van der Waals surface area contributed by atoms with Crippen molar-refractivity contribution < 1.29 is 0 Å². The standard InChI is InChI=1S/C22H28N6O/c1-16-10-17(2)28(25-16)20-5-3-4-19(11-20)15-27-22(29)12-21(14-24-27)26-8-6-18(13-23)7-9-26/h3-5,10-12,14,18H,6-9,13,15,23H2,1-2H3. The van der Waals surface area contributed by atoms with E-state index in [9.17, 15) is 4.79 Å². The Balaban J connectivity index is 1.51. The van der Waals surface area contributed by atoms with Gasteiger partial charge in [-0.2, -0.15) is 10.2 Å². The third-order valence-electron chi connectivity index (χ3n) is 5.67. The number of hydrogen-bond acceptors (Lipinski definition) is 5. The lowest BCUT2D eigenvalue weighted by molar-refractivity contribution is 0.414. The number of benzene rings is 1. The zero-order valence-corrected chi connectivity index (χ0v) is 17.1. The molecular weight excluding hydrogens is 364 g/mol. The molecule has 0 radical (unpaired) electrons. The van der Waals surface area contributed by atoms with Crippen molar-refractivity contribution in [3.8, 4) is 5.69 Å². The van der Waals surface area contributed by atoms with Gasteiger partial charge in [-0.05, 0) is 62.9 Å². The maximum atomic E-state index is 12.7. The van der Waals surface area contributed by atoms with Gasteiger partial charge in [-0.15, -0.1) is 0 Å². The average molecular weight is 393 g/mol. The molecule has 0 unspecified atom stereocenters. The maximum absolute atomic E-state index is 12.7. The lowest BCUT2D eigenvalue weighted by atomic mass is 9.97. The molecule has 1 aliphatic rings. The minimum atomic E-state index is -0.0834. The van der Waals surface area contributed by atoms with Crippen LogP contribution >= 0.6 is 0 Å². The summed E-state index contributed by atoms with van der Waals surface area (Å²) in [6.07, 6.45) is 3.94. The van der Waals surface area contributed by atoms with E-state index < -0.39 is 0 Å². The Kier molecular flexibility index (Phi) is 5.49. The minimum absolute atomic E-state index is 0.0834. The summed E-state index contributed by atoms with van der Waals surface area (Å²) in [5.74, 6) is 0.592. The lowest BCUT2D eigenvalue weighted by Gasteiger charge is -2.32. The van der Waals surface area contributed by atoms with Crippen molar-refractivity contribution >= 4 is 5.69 Å². The maximum Gasteiger partial charge on any atom is 0.269 e.